The number of benzene rings is 2. The summed E-state index contributed by atoms with van der Waals surface area (Å²) in [6.45, 7) is 2.96. The molecule has 2 aromatic carbocycles. The van der Waals surface area contributed by atoms with E-state index in [1.807, 2.05) is 24.3 Å². The van der Waals surface area contributed by atoms with E-state index in [2.05, 4.69) is 10.6 Å². The molecule has 0 saturated carbocycles. The zero-order chi connectivity index (χ0) is 28.2. The molecule has 5 atom stereocenters. The van der Waals surface area contributed by atoms with Gasteiger partial charge in [-0.25, -0.2) is 0 Å². The molecule has 0 radical (unpaired) electrons. The number of amides is 2. The lowest BCUT2D eigenvalue weighted by Crippen LogP contribution is -2.57. The molecule has 3 rings (SSSR count). The number of rotatable bonds is 14. The Morgan fingerprint density at radius 3 is 2.44 bits per heavy atom. The van der Waals surface area contributed by atoms with Gasteiger partial charge in [-0.05, 0) is 42.3 Å². The quantitative estimate of drug-likeness (QED) is 0.167. The summed E-state index contributed by atoms with van der Waals surface area (Å²) in [5.41, 5.74) is 7.75. The molecule has 0 aromatic heterocycles. The van der Waals surface area contributed by atoms with Gasteiger partial charge in [0.1, 0.15) is 24.1 Å². The lowest BCUT2D eigenvalue weighted by Gasteiger charge is -2.38. The van der Waals surface area contributed by atoms with Crippen molar-refractivity contribution in [1.82, 2.24) is 10.6 Å². The summed E-state index contributed by atoms with van der Waals surface area (Å²) in [5, 5.41) is 34.8. The van der Waals surface area contributed by atoms with Gasteiger partial charge in [0.15, 0.2) is 12.9 Å². The Balaban J connectivity index is 1.30. The van der Waals surface area contributed by atoms with Gasteiger partial charge in [-0.15, -0.1) is 0 Å². The SMILES string of the molecule is C[C@@H]1O[C@@H](OCCOCCNC(=O)COc2ccc(-c3cccc(C(=O)NCCN)c3)cc2)[C@H](O)[C@H](O)[C@H]1O. The summed E-state index contributed by atoms with van der Waals surface area (Å²) >= 11 is 0. The molecule has 1 heterocycles. The van der Waals surface area contributed by atoms with Gasteiger partial charge < -0.3 is 50.6 Å². The van der Waals surface area contributed by atoms with E-state index in [9.17, 15) is 24.9 Å². The summed E-state index contributed by atoms with van der Waals surface area (Å²) < 4.78 is 21.6. The Labute approximate surface area is 227 Å². The molecule has 0 unspecified atom stereocenters. The van der Waals surface area contributed by atoms with Gasteiger partial charge >= 0.3 is 0 Å². The van der Waals surface area contributed by atoms with Crippen LogP contribution < -0.4 is 21.1 Å². The van der Waals surface area contributed by atoms with Crippen molar-refractivity contribution in [3.8, 4) is 16.9 Å². The van der Waals surface area contributed by atoms with Crippen LogP contribution in [-0.4, -0.2) is 104 Å². The Morgan fingerprint density at radius 2 is 1.69 bits per heavy atom. The fraction of sp³-hybridized carbons (Fsp3) is 0.481. The second-order valence-corrected chi connectivity index (χ2v) is 8.95. The van der Waals surface area contributed by atoms with Crippen molar-refractivity contribution in [2.24, 2.45) is 5.73 Å². The van der Waals surface area contributed by atoms with Crippen molar-refractivity contribution >= 4 is 11.8 Å². The van der Waals surface area contributed by atoms with Crippen LogP contribution in [0.4, 0.5) is 0 Å². The topological polar surface area (TPSA) is 182 Å². The molecule has 0 aliphatic carbocycles. The van der Waals surface area contributed by atoms with E-state index in [0.29, 0.717) is 24.4 Å². The first-order valence-electron chi connectivity index (χ1n) is 12.8. The third-order valence-corrected chi connectivity index (χ3v) is 6.00. The Bertz CT molecular complexity index is 1050. The van der Waals surface area contributed by atoms with Gasteiger partial charge in [-0.2, -0.15) is 0 Å². The molecule has 2 amide bonds. The van der Waals surface area contributed by atoms with Gasteiger partial charge in [-0.3, -0.25) is 9.59 Å². The fourth-order valence-electron chi connectivity index (χ4n) is 3.81. The molecule has 1 fully saturated rings. The van der Waals surface area contributed by atoms with Crippen LogP contribution in [0.15, 0.2) is 48.5 Å². The van der Waals surface area contributed by atoms with Crippen LogP contribution >= 0.6 is 0 Å². The minimum Gasteiger partial charge on any atom is -0.484 e. The second kappa shape index (κ2) is 15.5. The van der Waals surface area contributed by atoms with Crippen LogP contribution in [0.3, 0.4) is 0 Å². The molecule has 1 aliphatic rings. The first kappa shape index (κ1) is 30.4. The van der Waals surface area contributed by atoms with Gasteiger partial charge in [0.25, 0.3) is 11.8 Å². The standard InChI is InChI=1S/C27H37N3O9/c1-17-23(32)24(33)25(34)27(39-17)37-14-13-36-12-11-29-22(31)16-38-21-7-5-18(6-8-21)19-3-2-4-20(15-19)26(35)30-10-9-28/h2-8,15,17,23-25,27,32-34H,9-14,16,28H2,1H3,(H,29,31)(H,30,35)/t17-,23-,24+,25+,27+/m0/s1. The summed E-state index contributed by atoms with van der Waals surface area (Å²) in [6, 6.07) is 14.4. The van der Waals surface area contributed by atoms with Crippen LogP contribution in [0.1, 0.15) is 17.3 Å². The van der Waals surface area contributed by atoms with E-state index >= 15 is 0 Å². The van der Waals surface area contributed by atoms with E-state index in [0.717, 1.165) is 11.1 Å². The van der Waals surface area contributed by atoms with Crippen molar-refractivity contribution in [3.63, 3.8) is 0 Å². The molecule has 0 bridgehead atoms. The lowest BCUT2D eigenvalue weighted by molar-refractivity contribution is -0.294. The summed E-state index contributed by atoms with van der Waals surface area (Å²) in [5.74, 6) is 0.0337. The number of ether oxygens (including phenoxy) is 4. The zero-order valence-corrected chi connectivity index (χ0v) is 21.8. The van der Waals surface area contributed by atoms with Crippen LogP contribution in [0, 0.1) is 0 Å². The van der Waals surface area contributed by atoms with Crippen LogP contribution in [0.2, 0.25) is 0 Å². The van der Waals surface area contributed by atoms with Crippen molar-refractivity contribution in [2.45, 2.75) is 37.6 Å². The number of carbonyl (C=O) groups is 2. The normalized spacial score (nSPS) is 22.7. The molecule has 7 N–H and O–H groups in total. The number of hydrogen-bond donors (Lipinski definition) is 6. The van der Waals surface area contributed by atoms with Gasteiger partial charge in [0.05, 0.1) is 25.9 Å². The molecule has 39 heavy (non-hydrogen) atoms. The number of aliphatic hydroxyl groups excluding tert-OH is 3. The van der Waals surface area contributed by atoms with E-state index < -0.39 is 30.7 Å². The summed E-state index contributed by atoms with van der Waals surface area (Å²) in [6.07, 6.45) is -5.64. The largest absolute Gasteiger partial charge is 0.484 e. The number of nitrogens with one attached hydrogen (secondary N) is 2. The molecule has 2 aromatic rings. The monoisotopic (exact) mass is 547 g/mol. The highest BCUT2D eigenvalue weighted by Gasteiger charge is 2.42. The van der Waals surface area contributed by atoms with E-state index in [-0.39, 0.29) is 44.8 Å². The summed E-state index contributed by atoms with van der Waals surface area (Å²) in [4.78, 5) is 24.2. The molecule has 12 nitrogen and oxygen atoms in total. The van der Waals surface area contributed by atoms with E-state index in [4.69, 9.17) is 24.7 Å². The van der Waals surface area contributed by atoms with Crippen LogP contribution in [-0.2, 0) is 19.0 Å². The van der Waals surface area contributed by atoms with Crippen molar-refractivity contribution in [1.29, 1.82) is 0 Å². The number of hydrogen-bond acceptors (Lipinski definition) is 10. The van der Waals surface area contributed by atoms with Gasteiger partial charge in [-0.1, -0.05) is 24.3 Å². The number of aliphatic hydroxyl groups is 3. The lowest BCUT2D eigenvalue weighted by atomic mass is 10.0. The Kier molecular flexibility index (Phi) is 12.1. The highest BCUT2D eigenvalue weighted by molar-refractivity contribution is 5.95. The van der Waals surface area contributed by atoms with Crippen molar-refractivity contribution in [2.75, 3.05) is 46.1 Å². The highest BCUT2D eigenvalue weighted by atomic mass is 16.7. The summed E-state index contributed by atoms with van der Waals surface area (Å²) in [7, 11) is 0. The van der Waals surface area contributed by atoms with E-state index in [1.165, 1.54) is 0 Å². The molecule has 1 saturated heterocycles. The van der Waals surface area contributed by atoms with Crippen LogP contribution in [0.25, 0.3) is 11.1 Å². The predicted octanol–water partition coefficient (Wildman–Crippen LogP) is -0.602. The minimum absolute atomic E-state index is 0.0933. The fourth-order valence-corrected chi connectivity index (χ4v) is 3.81. The zero-order valence-electron chi connectivity index (χ0n) is 21.8. The number of carbonyl (C=O) groups excluding carboxylic acids is 2. The first-order valence-corrected chi connectivity index (χ1v) is 12.8. The third-order valence-electron chi connectivity index (χ3n) is 6.00. The van der Waals surface area contributed by atoms with Gasteiger partial charge in [0.2, 0.25) is 0 Å². The van der Waals surface area contributed by atoms with E-state index in [1.54, 1.807) is 31.2 Å². The average Bonchev–Trinajstić information content (AvgIpc) is 2.96. The maximum Gasteiger partial charge on any atom is 0.258 e. The minimum atomic E-state index is -1.36. The van der Waals surface area contributed by atoms with Crippen molar-refractivity contribution in [3.05, 3.63) is 54.1 Å². The molecular formula is C27H37N3O9. The Morgan fingerprint density at radius 1 is 0.923 bits per heavy atom. The molecule has 0 spiro atoms. The van der Waals surface area contributed by atoms with Crippen molar-refractivity contribution < 1.29 is 43.9 Å². The second-order valence-electron chi connectivity index (χ2n) is 8.95. The predicted molar refractivity (Wildman–Crippen MR) is 141 cm³/mol. The highest BCUT2D eigenvalue weighted by Crippen LogP contribution is 2.24. The Hall–Kier alpha value is -3.10. The number of nitrogens with two attached hydrogens (primary N) is 1. The van der Waals surface area contributed by atoms with Crippen LogP contribution in [0.5, 0.6) is 5.75 Å². The molecular weight excluding hydrogens is 510 g/mol. The molecule has 1 aliphatic heterocycles. The third kappa shape index (κ3) is 9.25. The smallest absolute Gasteiger partial charge is 0.258 e. The maximum absolute atomic E-state index is 12.2. The maximum atomic E-state index is 12.2. The molecule has 12 heteroatoms. The average molecular weight is 548 g/mol. The molecule has 214 valence electrons. The van der Waals surface area contributed by atoms with Gasteiger partial charge in [0, 0.05) is 25.2 Å². The first-order chi connectivity index (χ1) is 18.8.